The van der Waals surface area contributed by atoms with Crippen LogP contribution in [0.4, 0.5) is 5.69 Å². The summed E-state index contributed by atoms with van der Waals surface area (Å²) in [7, 11) is 0. The molecule has 2 rings (SSSR count). The molecule has 0 fully saturated rings. The van der Waals surface area contributed by atoms with E-state index in [2.05, 4.69) is 34.8 Å². The Morgan fingerprint density at radius 3 is 2.62 bits per heavy atom. The number of nitrogens with zero attached hydrogens (tertiary/aromatic N) is 1. The standard InChI is InChI=1S/C13H15BrN2/c1-4-9-8(3)16-13-7(2)11(14)6-5-10(13)12(9)15/h5-6H,4H2,1-3H3,(H2,15,16). The summed E-state index contributed by atoms with van der Waals surface area (Å²) in [6.07, 6.45) is 0.926. The van der Waals surface area contributed by atoms with E-state index in [1.54, 1.807) is 0 Å². The van der Waals surface area contributed by atoms with Crippen molar-refractivity contribution >= 4 is 32.5 Å². The number of hydrogen-bond acceptors (Lipinski definition) is 2. The van der Waals surface area contributed by atoms with Gasteiger partial charge < -0.3 is 5.73 Å². The van der Waals surface area contributed by atoms with E-state index in [4.69, 9.17) is 5.73 Å². The quantitative estimate of drug-likeness (QED) is 0.863. The number of aryl methyl sites for hydroxylation is 2. The van der Waals surface area contributed by atoms with E-state index in [1.807, 2.05) is 19.1 Å². The van der Waals surface area contributed by atoms with Gasteiger partial charge in [0.1, 0.15) is 0 Å². The smallest absolute Gasteiger partial charge is 0.0766 e. The molecule has 2 nitrogen and oxygen atoms in total. The molecule has 2 N–H and O–H groups in total. The molecule has 3 heteroatoms. The molecule has 0 atom stereocenters. The molecular formula is C13H15BrN2. The Hall–Kier alpha value is -1.09. The molecule has 1 aromatic heterocycles. The zero-order valence-electron chi connectivity index (χ0n) is 9.76. The van der Waals surface area contributed by atoms with Crippen molar-refractivity contribution in [3.63, 3.8) is 0 Å². The van der Waals surface area contributed by atoms with Crippen LogP contribution >= 0.6 is 15.9 Å². The minimum Gasteiger partial charge on any atom is -0.398 e. The van der Waals surface area contributed by atoms with Crippen molar-refractivity contribution in [2.75, 3.05) is 5.73 Å². The number of pyridine rings is 1. The Balaban J connectivity index is 2.92. The van der Waals surface area contributed by atoms with Gasteiger partial charge in [-0.1, -0.05) is 22.9 Å². The van der Waals surface area contributed by atoms with Crippen LogP contribution in [0.15, 0.2) is 16.6 Å². The maximum atomic E-state index is 6.19. The fourth-order valence-corrected chi connectivity index (χ4v) is 2.40. The number of aromatic nitrogens is 1. The van der Waals surface area contributed by atoms with Crippen molar-refractivity contribution in [2.24, 2.45) is 0 Å². The van der Waals surface area contributed by atoms with Crippen molar-refractivity contribution in [2.45, 2.75) is 27.2 Å². The van der Waals surface area contributed by atoms with Gasteiger partial charge in [0.15, 0.2) is 0 Å². The zero-order valence-corrected chi connectivity index (χ0v) is 11.4. The molecule has 84 valence electrons. The van der Waals surface area contributed by atoms with Gasteiger partial charge >= 0.3 is 0 Å². The highest BCUT2D eigenvalue weighted by Crippen LogP contribution is 2.31. The Morgan fingerprint density at radius 1 is 1.31 bits per heavy atom. The Labute approximate surface area is 104 Å². The minimum atomic E-state index is 0.876. The molecule has 0 aliphatic carbocycles. The molecule has 1 heterocycles. The van der Waals surface area contributed by atoms with Gasteiger partial charge in [0.25, 0.3) is 0 Å². The summed E-state index contributed by atoms with van der Waals surface area (Å²) in [5.41, 5.74) is 11.4. The molecule has 1 aromatic carbocycles. The van der Waals surface area contributed by atoms with Gasteiger partial charge in [0.2, 0.25) is 0 Å². The first-order chi connectivity index (χ1) is 7.56. The molecule has 2 aromatic rings. The Bertz CT molecular complexity index is 562. The van der Waals surface area contributed by atoms with Gasteiger partial charge in [0.05, 0.1) is 5.52 Å². The van der Waals surface area contributed by atoms with Gasteiger partial charge in [-0.2, -0.15) is 0 Å². The fourth-order valence-electron chi connectivity index (χ4n) is 2.08. The molecule has 0 aliphatic rings. The SMILES string of the molecule is CCc1c(C)nc2c(C)c(Br)ccc2c1N. The highest BCUT2D eigenvalue weighted by Gasteiger charge is 2.11. The average molecular weight is 279 g/mol. The molecule has 0 unspecified atom stereocenters. The van der Waals surface area contributed by atoms with Crippen molar-refractivity contribution in [1.29, 1.82) is 0 Å². The summed E-state index contributed by atoms with van der Waals surface area (Å²) in [5, 5.41) is 1.06. The first-order valence-electron chi connectivity index (χ1n) is 5.40. The van der Waals surface area contributed by atoms with Crippen LogP contribution in [0.1, 0.15) is 23.7 Å². The second-order valence-electron chi connectivity index (χ2n) is 4.01. The molecular weight excluding hydrogens is 264 g/mol. The minimum absolute atomic E-state index is 0.876. The van der Waals surface area contributed by atoms with E-state index in [0.29, 0.717) is 0 Å². The third-order valence-electron chi connectivity index (χ3n) is 3.05. The molecule has 0 amide bonds. The number of nitrogens with two attached hydrogens (primary N) is 1. The second-order valence-corrected chi connectivity index (χ2v) is 4.87. The number of nitrogen functional groups attached to an aromatic ring is 1. The van der Waals surface area contributed by atoms with E-state index in [0.717, 1.165) is 44.3 Å². The first kappa shape index (κ1) is 11.4. The van der Waals surface area contributed by atoms with Crippen molar-refractivity contribution in [3.05, 3.63) is 33.4 Å². The van der Waals surface area contributed by atoms with Gasteiger partial charge in [-0.05, 0) is 43.5 Å². The predicted octanol–water partition coefficient (Wildman–Crippen LogP) is 3.76. The molecule has 0 saturated carbocycles. The number of fused-ring (bicyclic) bond motifs is 1. The summed E-state index contributed by atoms with van der Waals surface area (Å²) in [6.45, 7) is 6.19. The Morgan fingerprint density at radius 2 is 2.00 bits per heavy atom. The zero-order chi connectivity index (χ0) is 11.9. The van der Waals surface area contributed by atoms with Crippen LogP contribution in [-0.4, -0.2) is 4.98 Å². The fraction of sp³-hybridized carbons (Fsp3) is 0.308. The van der Waals surface area contributed by atoms with E-state index in [9.17, 15) is 0 Å². The normalized spacial score (nSPS) is 11.0. The summed E-state index contributed by atoms with van der Waals surface area (Å²) in [6, 6.07) is 4.07. The number of benzene rings is 1. The van der Waals surface area contributed by atoms with Gasteiger partial charge in [-0.3, -0.25) is 4.98 Å². The van der Waals surface area contributed by atoms with Gasteiger partial charge in [-0.25, -0.2) is 0 Å². The Kier molecular flexibility index (Phi) is 2.89. The lowest BCUT2D eigenvalue weighted by Crippen LogP contribution is -2.01. The highest BCUT2D eigenvalue weighted by molar-refractivity contribution is 9.10. The van der Waals surface area contributed by atoms with E-state index < -0.39 is 0 Å². The lowest BCUT2D eigenvalue weighted by molar-refractivity contribution is 1.07. The van der Waals surface area contributed by atoms with Crippen LogP contribution in [0.25, 0.3) is 10.9 Å². The topological polar surface area (TPSA) is 38.9 Å². The van der Waals surface area contributed by atoms with Crippen LogP contribution < -0.4 is 5.73 Å². The predicted molar refractivity (Wildman–Crippen MR) is 72.7 cm³/mol. The number of hydrogen-bond donors (Lipinski definition) is 1. The summed E-state index contributed by atoms with van der Waals surface area (Å²) < 4.78 is 1.08. The van der Waals surface area contributed by atoms with Crippen LogP contribution in [0.2, 0.25) is 0 Å². The largest absolute Gasteiger partial charge is 0.398 e. The monoisotopic (exact) mass is 278 g/mol. The van der Waals surface area contributed by atoms with Crippen LogP contribution in [-0.2, 0) is 6.42 Å². The van der Waals surface area contributed by atoms with Crippen LogP contribution in [0.3, 0.4) is 0 Å². The summed E-state index contributed by atoms with van der Waals surface area (Å²) >= 11 is 3.52. The molecule has 0 spiro atoms. The number of rotatable bonds is 1. The van der Waals surface area contributed by atoms with Gasteiger partial charge in [0, 0.05) is 21.2 Å². The average Bonchev–Trinajstić information content (AvgIpc) is 2.25. The van der Waals surface area contributed by atoms with E-state index in [-0.39, 0.29) is 0 Å². The molecule has 0 radical (unpaired) electrons. The lowest BCUT2D eigenvalue weighted by atomic mass is 10.0. The van der Waals surface area contributed by atoms with Crippen molar-refractivity contribution < 1.29 is 0 Å². The van der Waals surface area contributed by atoms with Gasteiger partial charge in [-0.15, -0.1) is 0 Å². The molecule has 0 bridgehead atoms. The van der Waals surface area contributed by atoms with Crippen molar-refractivity contribution in [1.82, 2.24) is 4.98 Å². The summed E-state index contributed by atoms with van der Waals surface area (Å²) in [4.78, 5) is 4.66. The third kappa shape index (κ3) is 1.59. The molecule has 0 saturated heterocycles. The van der Waals surface area contributed by atoms with Crippen molar-refractivity contribution in [3.8, 4) is 0 Å². The number of halogens is 1. The molecule has 0 aliphatic heterocycles. The van der Waals surface area contributed by atoms with Crippen LogP contribution in [0.5, 0.6) is 0 Å². The lowest BCUT2D eigenvalue weighted by Gasteiger charge is -2.12. The molecule has 16 heavy (non-hydrogen) atoms. The first-order valence-corrected chi connectivity index (χ1v) is 6.19. The number of anilines is 1. The highest BCUT2D eigenvalue weighted by atomic mass is 79.9. The van der Waals surface area contributed by atoms with E-state index >= 15 is 0 Å². The second kappa shape index (κ2) is 4.06. The van der Waals surface area contributed by atoms with Crippen LogP contribution in [0, 0.1) is 13.8 Å². The third-order valence-corrected chi connectivity index (χ3v) is 3.91. The maximum absolute atomic E-state index is 6.19. The summed E-state index contributed by atoms with van der Waals surface area (Å²) in [5.74, 6) is 0. The maximum Gasteiger partial charge on any atom is 0.0766 e. The van der Waals surface area contributed by atoms with E-state index in [1.165, 1.54) is 0 Å².